The van der Waals surface area contributed by atoms with Crippen LogP contribution in [0.3, 0.4) is 0 Å². The fraction of sp³-hybridized carbons (Fsp3) is 0.400. The Kier molecular flexibility index (Phi) is 6.95. The van der Waals surface area contributed by atoms with E-state index in [1.54, 1.807) is 14.2 Å². The van der Waals surface area contributed by atoms with Gasteiger partial charge in [0.25, 0.3) is 0 Å². The Labute approximate surface area is 182 Å². The number of carbonyl (C=O) groups excluding carboxylic acids is 1. The van der Waals surface area contributed by atoms with Crippen molar-refractivity contribution in [2.45, 2.75) is 49.8 Å². The normalized spacial score (nSPS) is 30.2. The van der Waals surface area contributed by atoms with E-state index in [0.717, 1.165) is 11.1 Å². The molecule has 1 aliphatic carbocycles. The lowest BCUT2D eigenvalue weighted by molar-refractivity contribution is -0.336. The van der Waals surface area contributed by atoms with E-state index in [9.17, 15) is 4.79 Å². The zero-order valence-corrected chi connectivity index (χ0v) is 17.8. The van der Waals surface area contributed by atoms with Gasteiger partial charge >= 0.3 is 0 Å². The van der Waals surface area contributed by atoms with Gasteiger partial charge in [-0.05, 0) is 17.2 Å². The maximum absolute atomic E-state index is 12.7. The highest BCUT2D eigenvalue weighted by Crippen LogP contribution is 2.42. The van der Waals surface area contributed by atoms with Gasteiger partial charge in [-0.3, -0.25) is 4.79 Å². The van der Waals surface area contributed by atoms with Gasteiger partial charge < -0.3 is 23.7 Å². The maximum atomic E-state index is 12.7. The molecule has 2 aromatic rings. The van der Waals surface area contributed by atoms with Gasteiger partial charge in [-0.25, -0.2) is 0 Å². The van der Waals surface area contributed by atoms with Crippen LogP contribution in [0.25, 0.3) is 0 Å². The van der Waals surface area contributed by atoms with E-state index < -0.39 is 30.2 Å². The van der Waals surface area contributed by atoms with Crippen molar-refractivity contribution in [1.82, 2.24) is 0 Å². The fourth-order valence-electron chi connectivity index (χ4n) is 4.30. The summed E-state index contributed by atoms with van der Waals surface area (Å²) in [7, 11) is 3.13. The van der Waals surface area contributed by atoms with Crippen molar-refractivity contribution in [3.8, 4) is 0 Å². The monoisotopic (exact) mass is 424 g/mol. The number of hydrogen-bond acceptors (Lipinski definition) is 6. The minimum Gasteiger partial charge on any atom is -0.372 e. The second-order valence-electron chi connectivity index (χ2n) is 7.77. The molecule has 0 aromatic heterocycles. The average molecular weight is 424 g/mol. The molecular formula is C25H28O6. The number of rotatable bonds is 8. The summed E-state index contributed by atoms with van der Waals surface area (Å²) in [4.78, 5) is 12.7. The van der Waals surface area contributed by atoms with Crippen molar-refractivity contribution in [3.05, 3.63) is 83.9 Å². The van der Waals surface area contributed by atoms with Crippen LogP contribution >= 0.6 is 0 Å². The highest BCUT2D eigenvalue weighted by atomic mass is 16.7. The summed E-state index contributed by atoms with van der Waals surface area (Å²) in [6.07, 6.45) is 1.04. The number of methoxy groups -OCH3 is 2. The molecular weight excluding hydrogens is 396 g/mol. The minimum atomic E-state index is -1.00. The summed E-state index contributed by atoms with van der Waals surface area (Å²) >= 11 is 0. The van der Waals surface area contributed by atoms with Crippen LogP contribution in [0.4, 0.5) is 0 Å². The Morgan fingerprint density at radius 1 is 0.935 bits per heavy atom. The van der Waals surface area contributed by atoms with Crippen molar-refractivity contribution < 1.29 is 28.5 Å². The molecule has 1 saturated heterocycles. The van der Waals surface area contributed by atoms with Gasteiger partial charge in [0.15, 0.2) is 18.2 Å². The molecule has 31 heavy (non-hydrogen) atoms. The lowest BCUT2D eigenvalue weighted by atomic mass is 9.76. The van der Waals surface area contributed by atoms with E-state index in [4.69, 9.17) is 23.7 Å². The molecule has 1 fully saturated rings. The average Bonchev–Trinajstić information content (AvgIpc) is 2.82. The summed E-state index contributed by atoms with van der Waals surface area (Å²) in [5.74, 6) is -0.162. The molecule has 2 aromatic carbocycles. The van der Waals surface area contributed by atoms with E-state index in [1.165, 1.54) is 6.08 Å². The Bertz CT molecular complexity index is 883. The molecule has 1 heterocycles. The molecule has 6 heteroatoms. The summed E-state index contributed by atoms with van der Waals surface area (Å²) in [6.45, 7) is 0.705. The van der Waals surface area contributed by atoms with Crippen LogP contribution < -0.4 is 0 Å². The molecule has 4 rings (SSSR count). The van der Waals surface area contributed by atoms with E-state index in [1.807, 2.05) is 66.7 Å². The third kappa shape index (κ3) is 4.49. The van der Waals surface area contributed by atoms with E-state index in [-0.39, 0.29) is 5.78 Å². The van der Waals surface area contributed by atoms with Crippen LogP contribution in [0.5, 0.6) is 0 Å². The Balaban J connectivity index is 1.64. The van der Waals surface area contributed by atoms with Crippen molar-refractivity contribution in [2.24, 2.45) is 0 Å². The molecule has 0 saturated carbocycles. The zero-order chi connectivity index (χ0) is 21.7. The molecule has 1 aliphatic heterocycles. The van der Waals surface area contributed by atoms with E-state index >= 15 is 0 Å². The van der Waals surface area contributed by atoms with Crippen LogP contribution in [0.1, 0.15) is 17.5 Å². The molecule has 0 spiro atoms. The highest BCUT2D eigenvalue weighted by molar-refractivity contribution is 5.95. The Morgan fingerprint density at radius 2 is 1.55 bits per heavy atom. The standard InChI is InChI=1S/C25H28O6/c1-27-24-21(29-16-18-10-5-3-6-11-18)23(30-17-19-12-7-4-8-13-19)25(28-2)15-9-14-20(26)22(25)31-24/h3-14,21-24H,15-17H2,1-2H3/t21-,22-,23-,24+,25+/m1/s1. The third-order valence-electron chi connectivity index (χ3n) is 5.91. The van der Waals surface area contributed by atoms with Gasteiger partial charge in [0.2, 0.25) is 0 Å². The van der Waals surface area contributed by atoms with Crippen LogP contribution in [0, 0.1) is 0 Å². The molecule has 6 nitrogen and oxygen atoms in total. The van der Waals surface area contributed by atoms with Gasteiger partial charge in [0.1, 0.15) is 17.8 Å². The number of carbonyl (C=O) groups is 1. The summed E-state index contributed by atoms with van der Waals surface area (Å²) in [5, 5.41) is 0. The number of ether oxygens (including phenoxy) is 5. The predicted octanol–water partition coefficient (Wildman–Crippen LogP) is 3.44. The first-order chi connectivity index (χ1) is 15.2. The van der Waals surface area contributed by atoms with Crippen LogP contribution in [0.15, 0.2) is 72.8 Å². The highest BCUT2D eigenvalue weighted by Gasteiger charge is 2.60. The molecule has 0 unspecified atom stereocenters. The quantitative estimate of drug-likeness (QED) is 0.647. The molecule has 2 aliphatic rings. The number of ketones is 1. The number of benzene rings is 2. The van der Waals surface area contributed by atoms with Crippen molar-refractivity contribution in [1.29, 1.82) is 0 Å². The van der Waals surface area contributed by atoms with Crippen molar-refractivity contribution >= 4 is 5.78 Å². The topological polar surface area (TPSA) is 63.2 Å². The zero-order valence-electron chi connectivity index (χ0n) is 17.8. The summed E-state index contributed by atoms with van der Waals surface area (Å²) in [5.41, 5.74) is 1.04. The van der Waals surface area contributed by atoms with Gasteiger partial charge in [0.05, 0.1) is 13.2 Å². The first-order valence-electron chi connectivity index (χ1n) is 10.4. The predicted molar refractivity (Wildman–Crippen MR) is 114 cm³/mol. The van der Waals surface area contributed by atoms with Crippen LogP contribution in [-0.4, -0.2) is 50.2 Å². The number of fused-ring (bicyclic) bond motifs is 1. The van der Waals surface area contributed by atoms with Crippen LogP contribution in [-0.2, 0) is 41.7 Å². The second kappa shape index (κ2) is 9.85. The minimum absolute atomic E-state index is 0.162. The first-order valence-corrected chi connectivity index (χ1v) is 10.4. The summed E-state index contributed by atoms with van der Waals surface area (Å²) < 4.78 is 30.4. The Hall–Kier alpha value is -2.35. The first kappa shape index (κ1) is 21.9. The molecule has 0 bridgehead atoms. The second-order valence-corrected chi connectivity index (χ2v) is 7.77. The van der Waals surface area contributed by atoms with E-state index in [2.05, 4.69) is 0 Å². The maximum Gasteiger partial charge on any atom is 0.187 e. The van der Waals surface area contributed by atoms with Gasteiger partial charge in [-0.2, -0.15) is 0 Å². The lowest BCUT2D eigenvalue weighted by Crippen LogP contribution is -2.70. The molecule has 164 valence electrons. The Morgan fingerprint density at radius 3 is 2.13 bits per heavy atom. The van der Waals surface area contributed by atoms with E-state index in [0.29, 0.717) is 19.6 Å². The van der Waals surface area contributed by atoms with Crippen LogP contribution in [0.2, 0.25) is 0 Å². The fourth-order valence-corrected chi connectivity index (χ4v) is 4.30. The summed E-state index contributed by atoms with van der Waals surface area (Å²) in [6, 6.07) is 19.8. The lowest BCUT2D eigenvalue weighted by Gasteiger charge is -2.52. The van der Waals surface area contributed by atoms with Crippen molar-refractivity contribution in [3.63, 3.8) is 0 Å². The van der Waals surface area contributed by atoms with Gasteiger partial charge in [-0.15, -0.1) is 0 Å². The largest absolute Gasteiger partial charge is 0.372 e. The van der Waals surface area contributed by atoms with Gasteiger partial charge in [-0.1, -0.05) is 66.7 Å². The molecule has 0 radical (unpaired) electrons. The molecule has 5 atom stereocenters. The van der Waals surface area contributed by atoms with Crippen molar-refractivity contribution in [2.75, 3.05) is 14.2 Å². The SMILES string of the molecule is CO[C@H]1O[C@@H]2C(=O)C=CC[C@@]2(OC)[C@H](OCc2ccccc2)[C@H]1OCc1ccccc1. The van der Waals surface area contributed by atoms with Gasteiger partial charge in [0, 0.05) is 20.6 Å². The third-order valence-corrected chi connectivity index (χ3v) is 5.91. The molecule has 0 N–H and O–H groups in total. The number of hydrogen-bond donors (Lipinski definition) is 0. The molecule has 0 amide bonds. The smallest absolute Gasteiger partial charge is 0.187 e.